The van der Waals surface area contributed by atoms with E-state index in [1.807, 2.05) is 20.8 Å². The Bertz CT molecular complexity index is 288. The lowest BCUT2D eigenvalue weighted by atomic mass is 10.0. The largest absolute Gasteiger partial charge is 0.444 e. The van der Waals surface area contributed by atoms with E-state index in [-0.39, 0.29) is 18.2 Å². The Kier molecular flexibility index (Phi) is 3.58. The second-order valence-electron chi connectivity index (χ2n) is 5.75. The van der Waals surface area contributed by atoms with Crippen LogP contribution in [0.15, 0.2) is 0 Å². The van der Waals surface area contributed by atoms with Crippen LogP contribution < -0.4 is 10.6 Å². The fraction of sp³-hybridized carbons (Fsp3) is 0.917. The molecule has 1 amide bonds. The van der Waals surface area contributed by atoms with E-state index >= 15 is 0 Å². The lowest BCUT2D eigenvalue weighted by molar-refractivity contribution is -0.00690. The van der Waals surface area contributed by atoms with Gasteiger partial charge in [-0.2, -0.15) is 0 Å². The predicted octanol–water partition coefficient (Wildman–Crippen LogP) is 1.03. The van der Waals surface area contributed by atoms with Gasteiger partial charge in [-0.15, -0.1) is 0 Å². The lowest BCUT2D eigenvalue weighted by Gasteiger charge is -2.29. The maximum absolute atomic E-state index is 11.7. The molecule has 3 atom stereocenters. The summed E-state index contributed by atoms with van der Waals surface area (Å²) < 4.78 is 11.0. The summed E-state index contributed by atoms with van der Waals surface area (Å²) in [5.74, 6) is 0. The van der Waals surface area contributed by atoms with Gasteiger partial charge in [-0.25, -0.2) is 4.79 Å². The van der Waals surface area contributed by atoms with E-state index in [0.717, 1.165) is 26.0 Å². The molecule has 2 fully saturated rings. The van der Waals surface area contributed by atoms with Gasteiger partial charge in [-0.1, -0.05) is 0 Å². The van der Waals surface area contributed by atoms with Gasteiger partial charge < -0.3 is 20.1 Å². The Labute approximate surface area is 102 Å². The molecule has 0 aromatic rings. The topological polar surface area (TPSA) is 59.6 Å². The molecular weight excluding hydrogens is 220 g/mol. The minimum Gasteiger partial charge on any atom is -0.444 e. The molecule has 0 saturated carbocycles. The van der Waals surface area contributed by atoms with Crippen LogP contribution in [0, 0.1) is 0 Å². The summed E-state index contributed by atoms with van der Waals surface area (Å²) in [5.41, 5.74) is -0.455. The molecule has 2 N–H and O–H groups in total. The van der Waals surface area contributed by atoms with E-state index in [1.54, 1.807) is 0 Å². The van der Waals surface area contributed by atoms with Crippen molar-refractivity contribution in [1.82, 2.24) is 10.6 Å². The van der Waals surface area contributed by atoms with Crippen LogP contribution in [-0.2, 0) is 9.47 Å². The van der Waals surface area contributed by atoms with Crippen LogP contribution >= 0.6 is 0 Å². The predicted molar refractivity (Wildman–Crippen MR) is 63.9 cm³/mol. The summed E-state index contributed by atoms with van der Waals surface area (Å²) in [4.78, 5) is 11.7. The van der Waals surface area contributed by atoms with Gasteiger partial charge >= 0.3 is 6.09 Å². The Morgan fingerprint density at radius 3 is 2.94 bits per heavy atom. The van der Waals surface area contributed by atoms with Gasteiger partial charge in [0.25, 0.3) is 0 Å². The van der Waals surface area contributed by atoms with Crippen LogP contribution in [0.2, 0.25) is 0 Å². The normalized spacial score (nSPS) is 33.0. The van der Waals surface area contributed by atoms with Crippen molar-refractivity contribution >= 4 is 6.09 Å². The van der Waals surface area contributed by atoms with Crippen LogP contribution in [0.3, 0.4) is 0 Å². The quantitative estimate of drug-likeness (QED) is 0.721. The van der Waals surface area contributed by atoms with Gasteiger partial charge in [0.1, 0.15) is 5.60 Å². The molecule has 0 aromatic carbocycles. The average molecular weight is 242 g/mol. The van der Waals surface area contributed by atoms with Crippen molar-refractivity contribution in [2.75, 3.05) is 13.2 Å². The molecule has 2 saturated heterocycles. The Morgan fingerprint density at radius 1 is 1.47 bits per heavy atom. The Balaban J connectivity index is 1.85. The zero-order valence-electron chi connectivity index (χ0n) is 10.8. The third kappa shape index (κ3) is 3.33. The summed E-state index contributed by atoms with van der Waals surface area (Å²) >= 11 is 0. The number of hydrogen-bond donors (Lipinski definition) is 2. The summed E-state index contributed by atoms with van der Waals surface area (Å²) in [5, 5.41) is 6.27. The minimum absolute atomic E-state index is 0.0233. The van der Waals surface area contributed by atoms with Crippen molar-refractivity contribution in [1.29, 1.82) is 0 Å². The molecule has 0 radical (unpaired) electrons. The number of amides is 1. The number of hydrogen-bond acceptors (Lipinski definition) is 4. The first kappa shape index (κ1) is 12.6. The molecule has 5 heteroatoms. The molecular formula is C12H22N2O3. The molecule has 2 aliphatic heterocycles. The fourth-order valence-corrected chi connectivity index (χ4v) is 2.40. The number of ether oxygens (including phenoxy) is 2. The summed E-state index contributed by atoms with van der Waals surface area (Å²) in [6, 6.07) is 0.402. The van der Waals surface area contributed by atoms with Crippen LogP contribution in [0.25, 0.3) is 0 Å². The van der Waals surface area contributed by atoms with Crippen molar-refractivity contribution < 1.29 is 14.3 Å². The second-order valence-corrected chi connectivity index (χ2v) is 5.75. The number of nitrogens with one attached hydrogen (secondary N) is 2. The number of rotatable bonds is 1. The van der Waals surface area contributed by atoms with E-state index < -0.39 is 5.60 Å². The second kappa shape index (κ2) is 4.82. The third-order valence-electron chi connectivity index (χ3n) is 3.06. The smallest absolute Gasteiger partial charge is 0.408 e. The molecule has 98 valence electrons. The first-order valence-corrected chi connectivity index (χ1v) is 6.30. The first-order valence-electron chi connectivity index (χ1n) is 6.30. The maximum atomic E-state index is 11.7. The molecule has 2 heterocycles. The number of carbonyl (C=O) groups excluding carboxylic acids is 1. The van der Waals surface area contributed by atoms with Crippen molar-refractivity contribution in [2.45, 2.75) is 57.4 Å². The average Bonchev–Trinajstić information content (AvgIpc) is 2.59. The minimum atomic E-state index is -0.455. The summed E-state index contributed by atoms with van der Waals surface area (Å²) in [6.07, 6.45) is 1.94. The molecule has 2 aliphatic rings. The Morgan fingerprint density at radius 2 is 2.24 bits per heavy atom. The van der Waals surface area contributed by atoms with Crippen molar-refractivity contribution in [3.8, 4) is 0 Å². The zero-order valence-corrected chi connectivity index (χ0v) is 10.8. The van der Waals surface area contributed by atoms with Crippen molar-refractivity contribution in [3.05, 3.63) is 0 Å². The standard InChI is InChI=1S/C12H22N2O3/c1-12(2,3)17-11(15)14-9-7-13-8-5-4-6-16-10(8)9/h8-10,13H,4-7H2,1-3H3,(H,14,15)/t8-,9-,10+/m0/s1. The number of fused-ring (bicyclic) bond motifs is 1. The van der Waals surface area contributed by atoms with Gasteiger partial charge in [0.05, 0.1) is 12.1 Å². The van der Waals surface area contributed by atoms with E-state index in [4.69, 9.17) is 9.47 Å². The summed E-state index contributed by atoms with van der Waals surface area (Å²) in [7, 11) is 0. The molecule has 0 bridgehead atoms. The summed E-state index contributed by atoms with van der Waals surface area (Å²) in [6.45, 7) is 7.13. The monoisotopic (exact) mass is 242 g/mol. The van der Waals surface area contributed by atoms with Crippen LogP contribution in [0.1, 0.15) is 33.6 Å². The molecule has 0 spiro atoms. The number of alkyl carbamates (subject to hydrolysis) is 1. The van der Waals surface area contributed by atoms with Gasteiger partial charge in [0.2, 0.25) is 0 Å². The highest BCUT2D eigenvalue weighted by Crippen LogP contribution is 2.21. The molecule has 0 aromatic heterocycles. The van der Waals surface area contributed by atoms with Crippen molar-refractivity contribution in [3.63, 3.8) is 0 Å². The van der Waals surface area contributed by atoms with Crippen molar-refractivity contribution in [2.24, 2.45) is 0 Å². The van der Waals surface area contributed by atoms with Crippen LogP contribution in [0.5, 0.6) is 0 Å². The third-order valence-corrected chi connectivity index (χ3v) is 3.06. The van der Waals surface area contributed by atoms with Gasteiger partial charge in [0.15, 0.2) is 0 Å². The Hall–Kier alpha value is -0.810. The van der Waals surface area contributed by atoms with Crippen LogP contribution in [-0.4, -0.2) is 43.0 Å². The highest BCUT2D eigenvalue weighted by atomic mass is 16.6. The number of carbonyl (C=O) groups is 1. The highest BCUT2D eigenvalue weighted by molar-refractivity contribution is 5.68. The van der Waals surface area contributed by atoms with E-state index in [0.29, 0.717) is 6.04 Å². The molecule has 2 rings (SSSR count). The van der Waals surface area contributed by atoms with E-state index in [9.17, 15) is 4.79 Å². The molecule has 0 aliphatic carbocycles. The molecule has 5 nitrogen and oxygen atoms in total. The molecule has 0 unspecified atom stereocenters. The fourth-order valence-electron chi connectivity index (χ4n) is 2.40. The van der Waals surface area contributed by atoms with Crippen LogP contribution in [0.4, 0.5) is 4.79 Å². The SMILES string of the molecule is CC(C)(C)OC(=O)N[C@H]1CN[C@H]2CCCO[C@H]21. The van der Waals surface area contributed by atoms with Gasteiger partial charge in [-0.05, 0) is 33.6 Å². The van der Waals surface area contributed by atoms with E-state index in [1.165, 1.54) is 0 Å². The van der Waals surface area contributed by atoms with Gasteiger partial charge in [-0.3, -0.25) is 0 Å². The zero-order chi connectivity index (χ0) is 12.5. The maximum Gasteiger partial charge on any atom is 0.408 e. The van der Waals surface area contributed by atoms with E-state index in [2.05, 4.69) is 10.6 Å². The molecule has 17 heavy (non-hydrogen) atoms. The highest BCUT2D eigenvalue weighted by Gasteiger charge is 2.39. The first-order chi connectivity index (χ1) is 7.96. The lowest BCUT2D eigenvalue weighted by Crippen LogP contribution is -2.48. The van der Waals surface area contributed by atoms with Gasteiger partial charge in [0, 0.05) is 19.2 Å².